The molecule has 0 radical (unpaired) electrons. The molecule has 9 heteroatoms. The summed E-state index contributed by atoms with van der Waals surface area (Å²) >= 11 is 5.82. The van der Waals surface area contributed by atoms with Gasteiger partial charge < -0.3 is 16.4 Å². The van der Waals surface area contributed by atoms with Gasteiger partial charge in [0.15, 0.2) is 0 Å². The van der Waals surface area contributed by atoms with Crippen LogP contribution in [0.1, 0.15) is 27.6 Å². The molecule has 0 fully saturated rings. The molecule has 0 atom stereocenters. The first-order valence-corrected chi connectivity index (χ1v) is 8.45. The number of amides is 3. The van der Waals surface area contributed by atoms with Crippen LogP contribution < -0.4 is 16.4 Å². The molecule has 6 nitrogen and oxygen atoms in total. The number of nitrogens with one attached hydrogen (secondary N) is 2. The van der Waals surface area contributed by atoms with E-state index in [1.54, 1.807) is 0 Å². The molecule has 4 N–H and O–H groups in total. The molecule has 1 aromatic rings. The van der Waals surface area contributed by atoms with Crippen molar-refractivity contribution in [3.8, 4) is 0 Å². The highest BCUT2D eigenvalue weighted by Gasteiger charge is 2.26. The molecule has 1 aromatic carbocycles. The van der Waals surface area contributed by atoms with E-state index in [0.717, 1.165) is 0 Å². The third-order valence-electron chi connectivity index (χ3n) is 2.32. The van der Waals surface area contributed by atoms with Gasteiger partial charge in [-0.15, -0.1) is 0 Å². The lowest BCUT2D eigenvalue weighted by Gasteiger charge is -2.17. The Morgan fingerprint density at radius 3 is 1.90 bits per heavy atom. The molecule has 0 saturated heterocycles. The number of carbonyl (C=O) groups excluding carboxylic acids is 3. The summed E-state index contributed by atoms with van der Waals surface area (Å²) in [6.07, 6.45) is 0. The predicted molar refractivity (Wildman–Crippen MR) is 101 cm³/mol. The van der Waals surface area contributed by atoms with Crippen molar-refractivity contribution in [3.63, 3.8) is 0 Å². The van der Waals surface area contributed by atoms with Gasteiger partial charge in [-0.1, -0.05) is 0 Å². The van der Waals surface area contributed by atoms with Crippen molar-refractivity contribution in [2.24, 2.45) is 5.73 Å². The standard InChI is InChI=1S/C11H10I3N3O3/c1-3(18)17-9-7(13)4(10(15)19)6(12)5(8(9)14)11(20)16-2/h1-2H3,(H2,15,19)(H,16,20)(H,17,18). The number of rotatable bonds is 3. The molecule has 1 rings (SSSR count). The summed E-state index contributed by atoms with van der Waals surface area (Å²) in [4.78, 5) is 34.9. The molecule has 20 heavy (non-hydrogen) atoms. The van der Waals surface area contributed by atoms with Crippen molar-refractivity contribution in [1.82, 2.24) is 5.32 Å². The summed E-state index contributed by atoms with van der Waals surface area (Å²) in [6, 6.07) is 0. The lowest BCUT2D eigenvalue weighted by atomic mass is 10.1. The van der Waals surface area contributed by atoms with Crippen LogP contribution in [0.5, 0.6) is 0 Å². The van der Waals surface area contributed by atoms with E-state index in [2.05, 4.69) is 10.6 Å². The second kappa shape index (κ2) is 7.20. The largest absolute Gasteiger partial charge is 0.366 e. The number of carbonyl (C=O) groups is 3. The number of anilines is 1. The van der Waals surface area contributed by atoms with Crippen LogP contribution in [0.25, 0.3) is 0 Å². The Hall–Kier alpha value is -0.180. The first kappa shape index (κ1) is 17.9. The Morgan fingerprint density at radius 2 is 1.50 bits per heavy atom. The number of hydrogen-bond acceptors (Lipinski definition) is 3. The Morgan fingerprint density at radius 1 is 1.00 bits per heavy atom. The lowest BCUT2D eigenvalue weighted by Crippen LogP contribution is -2.26. The smallest absolute Gasteiger partial charge is 0.253 e. The number of benzene rings is 1. The van der Waals surface area contributed by atoms with Gasteiger partial charge in [0.1, 0.15) is 0 Å². The molecule has 3 amide bonds. The van der Waals surface area contributed by atoms with Gasteiger partial charge in [0, 0.05) is 17.5 Å². The number of nitrogens with two attached hydrogens (primary N) is 1. The van der Waals surface area contributed by atoms with Gasteiger partial charge in [-0.05, 0) is 67.8 Å². The van der Waals surface area contributed by atoms with E-state index in [9.17, 15) is 14.4 Å². The van der Waals surface area contributed by atoms with Crippen LogP contribution in [-0.4, -0.2) is 24.8 Å². The molecule has 0 bridgehead atoms. The second-order valence-electron chi connectivity index (χ2n) is 3.69. The molecule has 0 spiro atoms. The normalized spacial score (nSPS) is 10.1. The van der Waals surface area contributed by atoms with Crippen molar-refractivity contribution in [2.75, 3.05) is 12.4 Å². The lowest BCUT2D eigenvalue weighted by molar-refractivity contribution is -0.114. The van der Waals surface area contributed by atoms with E-state index in [0.29, 0.717) is 22.0 Å². The predicted octanol–water partition coefficient (Wildman–Crippen LogP) is 1.92. The van der Waals surface area contributed by atoms with E-state index >= 15 is 0 Å². The van der Waals surface area contributed by atoms with Crippen molar-refractivity contribution in [2.45, 2.75) is 6.92 Å². The highest BCUT2D eigenvalue weighted by Crippen LogP contribution is 2.35. The fourth-order valence-electron chi connectivity index (χ4n) is 1.49. The van der Waals surface area contributed by atoms with Gasteiger partial charge in [0.2, 0.25) is 5.91 Å². The van der Waals surface area contributed by atoms with E-state index < -0.39 is 5.91 Å². The van der Waals surface area contributed by atoms with E-state index in [1.807, 2.05) is 67.8 Å². The van der Waals surface area contributed by atoms with Gasteiger partial charge in [0.25, 0.3) is 11.8 Å². The van der Waals surface area contributed by atoms with Gasteiger partial charge in [-0.2, -0.15) is 0 Å². The first-order valence-electron chi connectivity index (χ1n) is 5.22. The topological polar surface area (TPSA) is 101 Å². The molecular weight excluding hydrogens is 603 g/mol. The summed E-state index contributed by atoms with van der Waals surface area (Å²) in [7, 11) is 1.49. The van der Waals surface area contributed by atoms with Crippen LogP contribution in [0.15, 0.2) is 0 Å². The average molecular weight is 613 g/mol. The van der Waals surface area contributed by atoms with Crippen LogP contribution in [0.3, 0.4) is 0 Å². The Labute approximate surface area is 156 Å². The molecular formula is C11H10I3N3O3. The second-order valence-corrected chi connectivity index (χ2v) is 6.93. The molecule has 0 saturated carbocycles. The van der Waals surface area contributed by atoms with Crippen molar-refractivity contribution >= 4 is 91.2 Å². The molecule has 0 aliphatic carbocycles. The number of hydrogen-bond donors (Lipinski definition) is 3. The van der Waals surface area contributed by atoms with Crippen molar-refractivity contribution < 1.29 is 14.4 Å². The monoisotopic (exact) mass is 613 g/mol. The van der Waals surface area contributed by atoms with Crippen LogP contribution in [0.2, 0.25) is 0 Å². The van der Waals surface area contributed by atoms with Crippen LogP contribution in [0, 0.1) is 10.7 Å². The van der Waals surface area contributed by atoms with E-state index in [1.165, 1.54) is 14.0 Å². The molecule has 0 aromatic heterocycles. The van der Waals surface area contributed by atoms with Crippen molar-refractivity contribution in [1.29, 1.82) is 0 Å². The summed E-state index contributed by atoms with van der Waals surface area (Å²) in [5.74, 6) is -1.28. The molecule has 0 aliphatic rings. The fourth-order valence-corrected chi connectivity index (χ4v) is 5.95. The summed E-state index contributed by atoms with van der Waals surface area (Å²) in [6.45, 7) is 1.35. The molecule has 0 aliphatic heterocycles. The molecule has 108 valence electrons. The van der Waals surface area contributed by atoms with Gasteiger partial charge in [-0.3, -0.25) is 14.4 Å². The maximum Gasteiger partial charge on any atom is 0.253 e. The Kier molecular flexibility index (Phi) is 6.43. The van der Waals surface area contributed by atoms with Crippen LogP contribution in [-0.2, 0) is 4.79 Å². The average Bonchev–Trinajstić information content (AvgIpc) is 2.33. The fraction of sp³-hybridized carbons (Fsp3) is 0.182. The summed E-state index contributed by atoms with van der Waals surface area (Å²) in [5.41, 5.74) is 6.36. The minimum atomic E-state index is -0.646. The SMILES string of the molecule is CNC(=O)c1c(I)c(NC(C)=O)c(I)c(C(N)=O)c1I. The maximum atomic E-state index is 12.0. The van der Waals surface area contributed by atoms with Gasteiger partial charge >= 0.3 is 0 Å². The maximum absolute atomic E-state index is 12.0. The number of primary amides is 1. The highest BCUT2D eigenvalue weighted by atomic mass is 127. The zero-order valence-electron chi connectivity index (χ0n) is 10.4. The quantitative estimate of drug-likeness (QED) is 0.455. The zero-order chi connectivity index (χ0) is 15.6. The minimum absolute atomic E-state index is 0.231. The minimum Gasteiger partial charge on any atom is -0.366 e. The van der Waals surface area contributed by atoms with Crippen LogP contribution >= 0.6 is 67.8 Å². The van der Waals surface area contributed by atoms with Crippen molar-refractivity contribution in [3.05, 3.63) is 21.8 Å². The Bertz CT molecular complexity index is 617. The van der Waals surface area contributed by atoms with E-state index in [-0.39, 0.29) is 17.4 Å². The van der Waals surface area contributed by atoms with Gasteiger partial charge in [0.05, 0.1) is 24.0 Å². The zero-order valence-corrected chi connectivity index (χ0v) is 16.9. The summed E-state index contributed by atoms with van der Waals surface area (Å²) < 4.78 is 1.56. The third kappa shape index (κ3) is 3.52. The first-order chi connectivity index (χ1) is 9.22. The molecule has 0 heterocycles. The highest BCUT2D eigenvalue weighted by molar-refractivity contribution is 14.1. The van der Waals surface area contributed by atoms with Crippen LogP contribution in [0.4, 0.5) is 5.69 Å². The molecule has 0 unspecified atom stereocenters. The van der Waals surface area contributed by atoms with Gasteiger partial charge in [-0.25, -0.2) is 0 Å². The third-order valence-corrected chi connectivity index (χ3v) is 5.55. The summed E-state index contributed by atoms with van der Waals surface area (Å²) in [5, 5.41) is 5.15. The van der Waals surface area contributed by atoms with E-state index in [4.69, 9.17) is 5.73 Å². The number of halogens is 3. The Balaban J connectivity index is 3.78.